The molecule has 5 atom stereocenters. The van der Waals surface area contributed by atoms with E-state index >= 15 is 0 Å². The molecule has 1 saturated heterocycles. The van der Waals surface area contributed by atoms with Gasteiger partial charge >= 0.3 is 0 Å². The maximum Gasteiger partial charge on any atom is 0.229 e. The van der Waals surface area contributed by atoms with Crippen molar-refractivity contribution < 1.29 is 49.6 Å². The van der Waals surface area contributed by atoms with Crippen molar-refractivity contribution in [3.63, 3.8) is 0 Å². The standard InChI is InChI=1S/C19H18O11/c20-5-11-14(25)15(26)16(27)19(29-11)30-17-9(23)4-8(22)12-13(24)7-3-6(21)1-2-10(7)28-18(12)17/h1-4,11,14-16,19-23,25-27H,5H2/t11-,14-,15+,16-,19+/m0/s1. The summed E-state index contributed by atoms with van der Waals surface area (Å²) in [5, 5.41) is 68.9. The van der Waals surface area contributed by atoms with E-state index in [4.69, 9.17) is 13.9 Å². The molecule has 30 heavy (non-hydrogen) atoms. The lowest BCUT2D eigenvalue weighted by Crippen LogP contribution is -2.60. The zero-order chi connectivity index (χ0) is 21.7. The summed E-state index contributed by atoms with van der Waals surface area (Å²) in [6, 6.07) is 4.51. The third kappa shape index (κ3) is 3.09. The van der Waals surface area contributed by atoms with E-state index < -0.39 is 60.0 Å². The highest BCUT2D eigenvalue weighted by molar-refractivity contribution is 5.97. The zero-order valence-corrected chi connectivity index (χ0v) is 15.2. The van der Waals surface area contributed by atoms with Gasteiger partial charge in [0.2, 0.25) is 17.5 Å². The number of aliphatic hydroxyl groups is 4. The first kappa shape index (κ1) is 20.2. The Bertz CT molecular complexity index is 1170. The molecule has 4 rings (SSSR count). The third-order valence-electron chi connectivity index (χ3n) is 4.92. The fourth-order valence-corrected chi connectivity index (χ4v) is 3.35. The van der Waals surface area contributed by atoms with E-state index in [1.165, 1.54) is 12.1 Å². The van der Waals surface area contributed by atoms with Crippen LogP contribution >= 0.6 is 0 Å². The summed E-state index contributed by atoms with van der Waals surface area (Å²) in [5.74, 6) is -1.98. The van der Waals surface area contributed by atoms with Gasteiger partial charge in [0.1, 0.15) is 46.9 Å². The summed E-state index contributed by atoms with van der Waals surface area (Å²) in [6.07, 6.45) is -8.07. The van der Waals surface area contributed by atoms with Crippen LogP contribution in [0.1, 0.15) is 0 Å². The number of hydrogen-bond acceptors (Lipinski definition) is 11. The Hall–Kier alpha value is -3.09. The molecule has 1 aromatic heterocycles. The molecular weight excluding hydrogens is 404 g/mol. The average Bonchev–Trinajstić information content (AvgIpc) is 2.71. The van der Waals surface area contributed by atoms with E-state index in [1.807, 2.05) is 0 Å². The molecule has 1 aliphatic heterocycles. The monoisotopic (exact) mass is 422 g/mol. The Morgan fingerprint density at radius 3 is 2.40 bits per heavy atom. The largest absolute Gasteiger partial charge is 0.508 e. The van der Waals surface area contributed by atoms with Crippen molar-refractivity contribution in [2.24, 2.45) is 0 Å². The number of phenolic OH excluding ortho intramolecular Hbond substituents is 3. The second-order valence-corrected chi connectivity index (χ2v) is 6.87. The van der Waals surface area contributed by atoms with Crippen LogP contribution in [0.4, 0.5) is 0 Å². The van der Waals surface area contributed by atoms with Crippen LogP contribution in [0.3, 0.4) is 0 Å². The molecular formula is C19H18O11. The summed E-state index contributed by atoms with van der Waals surface area (Å²) in [4.78, 5) is 12.8. The van der Waals surface area contributed by atoms with Crippen molar-refractivity contribution >= 4 is 21.9 Å². The normalized spacial score (nSPS) is 26.9. The number of aromatic hydroxyl groups is 3. The Balaban J connectivity index is 1.88. The van der Waals surface area contributed by atoms with Crippen molar-refractivity contribution in [2.75, 3.05) is 6.61 Å². The van der Waals surface area contributed by atoms with Gasteiger partial charge in [0, 0.05) is 6.07 Å². The minimum absolute atomic E-state index is 0.00829. The first-order valence-corrected chi connectivity index (χ1v) is 8.84. The fourth-order valence-electron chi connectivity index (χ4n) is 3.35. The summed E-state index contributed by atoms with van der Waals surface area (Å²) in [6.45, 7) is -0.698. The lowest BCUT2D eigenvalue weighted by molar-refractivity contribution is -0.277. The number of rotatable bonds is 3. The minimum atomic E-state index is -1.78. The van der Waals surface area contributed by atoms with Gasteiger partial charge in [-0.25, -0.2) is 0 Å². The highest BCUT2D eigenvalue weighted by Gasteiger charge is 2.45. The molecule has 2 heterocycles. The summed E-state index contributed by atoms with van der Waals surface area (Å²) in [5.41, 5.74) is -1.10. The van der Waals surface area contributed by atoms with Gasteiger partial charge in [-0.3, -0.25) is 4.79 Å². The topological polar surface area (TPSA) is 190 Å². The summed E-state index contributed by atoms with van der Waals surface area (Å²) >= 11 is 0. The van der Waals surface area contributed by atoms with E-state index in [2.05, 4.69) is 0 Å². The molecule has 0 radical (unpaired) electrons. The first-order chi connectivity index (χ1) is 14.2. The van der Waals surface area contributed by atoms with Crippen LogP contribution in [0.2, 0.25) is 0 Å². The minimum Gasteiger partial charge on any atom is -0.508 e. The molecule has 1 aliphatic rings. The van der Waals surface area contributed by atoms with Crippen molar-refractivity contribution in [1.82, 2.24) is 0 Å². The molecule has 11 heteroatoms. The Labute approximate surface area is 167 Å². The van der Waals surface area contributed by atoms with Gasteiger partial charge in [0.25, 0.3) is 0 Å². The van der Waals surface area contributed by atoms with Crippen LogP contribution in [-0.4, -0.2) is 73.1 Å². The van der Waals surface area contributed by atoms with E-state index in [0.29, 0.717) is 0 Å². The van der Waals surface area contributed by atoms with Crippen LogP contribution in [-0.2, 0) is 4.74 Å². The molecule has 0 spiro atoms. The lowest BCUT2D eigenvalue weighted by Gasteiger charge is -2.39. The van der Waals surface area contributed by atoms with E-state index in [0.717, 1.165) is 12.1 Å². The summed E-state index contributed by atoms with van der Waals surface area (Å²) < 4.78 is 16.3. The van der Waals surface area contributed by atoms with Gasteiger partial charge in [-0.15, -0.1) is 0 Å². The van der Waals surface area contributed by atoms with E-state index in [9.17, 15) is 40.5 Å². The number of hydrogen-bond donors (Lipinski definition) is 7. The van der Waals surface area contributed by atoms with Gasteiger partial charge in [-0.1, -0.05) is 0 Å². The number of phenols is 3. The predicted molar refractivity (Wildman–Crippen MR) is 99.4 cm³/mol. The molecule has 2 aromatic carbocycles. The molecule has 11 nitrogen and oxygen atoms in total. The molecule has 0 aliphatic carbocycles. The first-order valence-electron chi connectivity index (χ1n) is 8.84. The molecule has 160 valence electrons. The number of ether oxygens (including phenoxy) is 2. The molecule has 1 fully saturated rings. The van der Waals surface area contributed by atoms with Crippen LogP contribution in [0.15, 0.2) is 33.5 Å². The highest BCUT2D eigenvalue weighted by Crippen LogP contribution is 2.42. The smallest absolute Gasteiger partial charge is 0.229 e. The molecule has 0 amide bonds. The lowest BCUT2D eigenvalue weighted by atomic mass is 9.99. The zero-order valence-electron chi connectivity index (χ0n) is 15.2. The quantitative estimate of drug-likeness (QED) is 0.263. The third-order valence-corrected chi connectivity index (χ3v) is 4.92. The Morgan fingerprint density at radius 2 is 1.70 bits per heavy atom. The number of benzene rings is 2. The highest BCUT2D eigenvalue weighted by atomic mass is 16.7. The second kappa shape index (κ2) is 7.31. The van der Waals surface area contributed by atoms with Gasteiger partial charge < -0.3 is 49.6 Å². The van der Waals surface area contributed by atoms with Crippen molar-refractivity contribution in [3.05, 3.63) is 34.5 Å². The van der Waals surface area contributed by atoms with Gasteiger partial charge in [0.15, 0.2) is 11.3 Å². The summed E-state index contributed by atoms with van der Waals surface area (Å²) in [7, 11) is 0. The maximum atomic E-state index is 12.8. The second-order valence-electron chi connectivity index (χ2n) is 6.87. The number of fused-ring (bicyclic) bond motifs is 2. The Morgan fingerprint density at radius 1 is 0.967 bits per heavy atom. The van der Waals surface area contributed by atoms with Gasteiger partial charge in [-0.2, -0.15) is 0 Å². The molecule has 3 aromatic rings. The van der Waals surface area contributed by atoms with Crippen LogP contribution in [0, 0.1) is 0 Å². The van der Waals surface area contributed by atoms with Crippen molar-refractivity contribution in [2.45, 2.75) is 30.7 Å². The van der Waals surface area contributed by atoms with Crippen LogP contribution < -0.4 is 10.2 Å². The molecule has 7 N–H and O–H groups in total. The number of aliphatic hydroxyl groups excluding tert-OH is 4. The van der Waals surface area contributed by atoms with E-state index in [1.54, 1.807) is 0 Å². The average molecular weight is 422 g/mol. The van der Waals surface area contributed by atoms with Gasteiger partial charge in [-0.05, 0) is 18.2 Å². The Kier molecular flexibility index (Phi) is 4.92. The fraction of sp³-hybridized carbons (Fsp3) is 0.316. The van der Waals surface area contributed by atoms with Gasteiger partial charge in [0.05, 0.1) is 12.0 Å². The molecule has 0 saturated carbocycles. The van der Waals surface area contributed by atoms with E-state index in [-0.39, 0.29) is 27.7 Å². The van der Waals surface area contributed by atoms with Crippen molar-refractivity contribution in [1.29, 1.82) is 0 Å². The molecule has 0 unspecified atom stereocenters. The predicted octanol–water partition coefficient (Wildman–Crippen LogP) is -0.758. The SMILES string of the molecule is O=c1c2cc(O)ccc2oc2c(O[C@H]3O[C@@H](CO)[C@H](O)[C@@H](O)[C@@H]3O)c(O)cc(O)c12. The maximum absolute atomic E-state index is 12.8. The molecule has 0 bridgehead atoms. The van der Waals surface area contributed by atoms with Crippen LogP contribution in [0.5, 0.6) is 23.0 Å². The van der Waals surface area contributed by atoms with Crippen LogP contribution in [0.25, 0.3) is 21.9 Å². The van der Waals surface area contributed by atoms with Crippen molar-refractivity contribution in [3.8, 4) is 23.0 Å².